The molecule has 0 amide bonds. The second-order valence-electron chi connectivity index (χ2n) is 2.75. The lowest BCUT2D eigenvalue weighted by Crippen LogP contribution is -2.49. The summed E-state index contributed by atoms with van der Waals surface area (Å²) in [5.41, 5.74) is 1.00. The number of hydrogen-bond acceptors (Lipinski definition) is 5. The maximum atomic E-state index is 8.97. The molecular weight excluding hydrogens is 162 g/mol. The van der Waals surface area contributed by atoms with E-state index in [1.807, 2.05) is 0 Å². The van der Waals surface area contributed by atoms with Crippen LogP contribution >= 0.6 is 11.7 Å². The van der Waals surface area contributed by atoms with Gasteiger partial charge in [0.25, 0.3) is 0 Å². The molecule has 1 aromatic rings. The van der Waals surface area contributed by atoms with Crippen LogP contribution in [0.25, 0.3) is 0 Å². The Morgan fingerprint density at radius 2 is 2.55 bits per heavy atom. The van der Waals surface area contributed by atoms with Gasteiger partial charge in [-0.15, -0.1) is 0 Å². The van der Waals surface area contributed by atoms with Crippen LogP contribution < -0.4 is 0 Å². The average molecular weight is 171 g/mol. The molecule has 11 heavy (non-hydrogen) atoms. The Labute approximate surface area is 68.8 Å². The van der Waals surface area contributed by atoms with Crippen molar-refractivity contribution in [1.82, 2.24) is 13.6 Å². The number of nitrogens with zero attached hydrogens (tertiary/aromatic N) is 3. The highest BCUT2D eigenvalue weighted by atomic mass is 32.1. The van der Waals surface area contributed by atoms with Crippen molar-refractivity contribution in [2.75, 3.05) is 13.1 Å². The van der Waals surface area contributed by atoms with Crippen LogP contribution in [0, 0.1) is 0 Å². The van der Waals surface area contributed by atoms with E-state index >= 15 is 0 Å². The van der Waals surface area contributed by atoms with Crippen LogP contribution in [0.5, 0.6) is 0 Å². The first-order valence-electron chi connectivity index (χ1n) is 3.51. The van der Waals surface area contributed by atoms with Crippen LogP contribution in [0.4, 0.5) is 0 Å². The summed E-state index contributed by atoms with van der Waals surface area (Å²) in [6.07, 6.45) is 1.65. The quantitative estimate of drug-likeness (QED) is 0.664. The van der Waals surface area contributed by atoms with Crippen molar-refractivity contribution in [2.24, 2.45) is 0 Å². The SMILES string of the molecule is OC1CN(Cc2cnsn2)C1. The first kappa shape index (κ1) is 7.15. The summed E-state index contributed by atoms with van der Waals surface area (Å²) in [5.74, 6) is 0. The van der Waals surface area contributed by atoms with E-state index in [1.54, 1.807) is 6.20 Å². The number of aromatic nitrogens is 2. The van der Waals surface area contributed by atoms with E-state index in [2.05, 4.69) is 13.6 Å². The molecule has 0 aliphatic carbocycles. The third-order valence-electron chi connectivity index (χ3n) is 1.73. The van der Waals surface area contributed by atoms with Crippen LogP contribution in [-0.2, 0) is 6.54 Å². The van der Waals surface area contributed by atoms with Crippen LogP contribution in [-0.4, -0.2) is 37.9 Å². The molecule has 1 fully saturated rings. The number of aliphatic hydroxyl groups is 1. The Balaban J connectivity index is 1.84. The molecule has 0 spiro atoms. The minimum atomic E-state index is -0.124. The van der Waals surface area contributed by atoms with Crippen molar-refractivity contribution in [2.45, 2.75) is 12.6 Å². The number of likely N-dealkylation sites (tertiary alicyclic amines) is 1. The fourth-order valence-electron chi connectivity index (χ4n) is 1.15. The van der Waals surface area contributed by atoms with Crippen LogP contribution in [0.1, 0.15) is 5.69 Å². The van der Waals surface area contributed by atoms with Gasteiger partial charge in [0.15, 0.2) is 0 Å². The van der Waals surface area contributed by atoms with Gasteiger partial charge in [0.2, 0.25) is 0 Å². The van der Waals surface area contributed by atoms with Gasteiger partial charge in [0, 0.05) is 19.6 Å². The lowest BCUT2D eigenvalue weighted by atomic mass is 10.1. The second kappa shape index (κ2) is 2.84. The molecule has 60 valence electrons. The molecule has 0 bridgehead atoms. The van der Waals surface area contributed by atoms with Gasteiger partial charge in [-0.1, -0.05) is 0 Å². The topological polar surface area (TPSA) is 49.2 Å². The van der Waals surface area contributed by atoms with Crippen molar-refractivity contribution >= 4 is 11.7 Å². The zero-order chi connectivity index (χ0) is 7.68. The van der Waals surface area contributed by atoms with Gasteiger partial charge >= 0.3 is 0 Å². The Bertz CT molecular complexity index is 220. The van der Waals surface area contributed by atoms with Gasteiger partial charge in [-0.05, 0) is 0 Å². The van der Waals surface area contributed by atoms with Gasteiger partial charge in [-0.2, -0.15) is 8.75 Å². The number of rotatable bonds is 2. The summed E-state index contributed by atoms with van der Waals surface area (Å²) in [7, 11) is 0. The minimum absolute atomic E-state index is 0.124. The molecule has 0 aromatic carbocycles. The van der Waals surface area contributed by atoms with Crippen LogP contribution in [0.3, 0.4) is 0 Å². The molecule has 1 aromatic heterocycles. The van der Waals surface area contributed by atoms with E-state index in [9.17, 15) is 0 Å². The van der Waals surface area contributed by atoms with Crippen molar-refractivity contribution in [1.29, 1.82) is 0 Å². The third-order valence-corrected chi connectivity index (χ3v) is 2.25. The van der Waals surface area contributed by atoms with E-state index in [0.29, 0.717) is 0 Å². The average Bonchev–Trinajstić information content (AvgIpc) is 2.36. The molecule has 2 heterocycles. The molecular formula is C6H9N3OS. The first-order valence-corrected chi connectivity index (χ1v) is 4.24. The van der Waals surface area contributed by atoms with Gasteiger partial charge in [0.05, 0.1) is 29.7 Å². The molecule has 2 rings (SSSR count). The molecule has 1 N–H and O–H groups in total. The Hall–Kier alpha value is -0.520. The summed E-state index contributed by atoms with van der Waals surface area (Å²) in [6, 6.07) is 0. The Kier molecular flexibility index (Phi) is 1.85. The highest BCUT2D eigenvalue weighted by Crippen LogP contribution is 2.11. The van der Waals surface area contributed by atoms with Crippen molar-refractivity contribution in [3.63, 3.8) is 0 Å². The van der Waals surface area contributed by atoms with E-state index in [4.69, 9.17) is 5.11 Å². The highest BCUT2D eigenvalue weighted by molar-refractivity contribution is 6.99. The van der Waals surface area contributed by atoms with Gasteiger partial charge in [-0.3, -0.25) is 4.90 Å². The number of aliphatic hydroxyl groups excluding tert-OH is 1. The molecule has 4 nitrogen and oxygen atoms in total. The first-order chi connectivity index (χ1) is 5.34. The maximum Gasteiger partial charge on any atom is 0.0883 e. The predicted octanol–water partition coefficient (Wildman–Crippen LogP) is -0.285. The highest BCUT2D eigenvalue weighted by Gasteiger charge is 2.24. The van der Waals surface area contributed by atoms with Gasteiger partial charge in [0.1, 0.15) is 0 Å². The summed E-state index contributed by atoms with van der Waals surface area (Å²) in [6.45, 7) is 2.38. The maximum absolute atomic E-state index is 8.97. The predicted molar refractivity (Wildman–Crippen MR) is 41.2 cm³/mol. The van der Waals surface area contributed by atoms with Gasteiger partial charge in [-0.25, -0.2) is 0 Å². The largest absolute Gasteiger partial charge is 0.390 e. The fourth-order valence-corrected chi connectivity index (χ4v) is 1.58. The van der Waals surface area contributed by atoms with Crippen molar-refractivity contribution in [3.05, 3.63) is 11.9 Å². The lowest BCUT2D eigenvalue weighted by molar-refractivity contribution is -0.00341. The van der Waals surface area contributed by atoms with Crippen LogP contribution in [0.2, 0.25) is 0 Å². The van der Waals surface area contributed by atoms with E-state index in [-0.39, 0.29) is 6.10 Å². The standard InChI is InChI=1S/C6H9N3OS/c10-6-3-9(4-6)2-5-1-7-11-8-5/h1,6,10H,2-4H2. The molecule has 0 radical (unpaired) electrons. The Morgan fingerprint density at radius 3 is 3.09 bits per heavy atom. The summed E-state index contributed by atoms with van der Waals surface area (Å²) >= 11 is 1.23. The molecule has 0 unspecified atom stereocenters. The molecule has 1 aliphatic rings. The minimum Gasteiger partial charge on any atom is -0.390 e. The van der Waals surface area contributed by atoms with Crippen molar-refractivity contribution < 1.29 is 5.11 Å². The molecule has 1 aliphatic heterocycles. The molecule has 1 saturated heterocycles. The van der Waals surface area contributed by atoms with E-state index < -0.39 is 0 Å². The normalized spacial score (nSPS) is 20.1. The smallest absolute Gasteiger partial charge is 0.0883 e. The number of hydrogen-bond donors (Lipinski definition) is 1. The monoisotopic (exact) mass is 171 g/mol. The van der Waals surface area contributed by atoms with Crippen LogP contribution in [0.15, 0.2) is 6.20 Å². The second-order valence-corrected chi connectivity index (χ2v) is 3.30. The zero-order valence-electron chi connectivity index (χ0n) is 5.97. The lowest BCUT2D eigenvalue weighted by Gasteiger charge is -2.34. The fraction of sp³-hybridized carbons (Fsp3) is 0.667. The third kappa shape index (κ3) is 1.55. The Morgan fingerprint density at radius 1 is 1.73 bits per heavy atom. The molecule has 0 saturated carbocycles. The van der Waals surface area contributed by atoms with E-state index in [1.165, 1.54) is 11.7 Å². The zero-order valence-corrected chi connectivity index (χ0v) is 6.79. The van der Waals surface area contributed by atoms with Gasteiger partial charge < -0.3 is 5.11 Å². The number of β-amino-alcohol motifs (C(OH)–C–C–N with tert-alkyl or cyclic N) is 1. The summed E-state index contributed by atoms with van der Waals surface area (Å²) in [5, 5.41) is 8.97. The molecule has 5 heteroatoms. The van der Waals surface area contributed by atoms with E-state index in [0.717, 1.165) is 25.3 Å². The molecule has 0 atom stereocenters. The summed E-state index contributed by atoms with van der Waals surface area (Å²) < 4.78 is 7.96. The van der Waals surface area contributed by atoms with Crippen molar-refractivity contribution in [3.8, 4) is 0 Å². The summed E-state index contributed by atoms with van der Waals surface area (Å²) in [4.78, 5) is 2.14.